The molecule has 4 unspecified atom stereocenters. The monoisotopic (exact) mass is 1050 g/mol. The van der Waals surface area contributed by atoms with Gasteiger partial charge in [-0.2, -0.15) is 0 Å². The van der Waals surface area contributed by atoms with E-state index in [1.165, 1.54) is 36.6 Å². The van der Waals surface area contributed by atoms with E-state index in [9.17, 15) is 44.0 Å². The Bertz CT molecular complexity index is 3140. The van der Waals surface area contributed by atoms with Crippen molar-refractivity contribution in [2.24, 2.45) is 0 Å². The number of hydrogen-bond donors (Lipinski definition) is 4. The van der Waals surface area contributed by atoms with Crippen LogP contribution in [0.4, 0.5) is 4.39 Å². The summed E-state index contributed by atoms with van der Waals surface area (Å²) in [7, 11) is 0. The molecule has 77 heavy (non-hydrogen) atoms. The molecule has 0 aromatic heterocycles. The summed E-state index contributed by atoms with van der Waals surface area (Å²) in [5.74, 6) is -1.75. The maximum absolute atomic E-state index is 12.8. The molecule has 0 fully saturated rings. The molecule has 0 spiro atoms. The summed E-state index contributed by atoms with van der Waals surface area (Å²) in [6.07, 6.45) is 6.73. The lowest BCUT2D eigenvalue weighted by molar-refractivity contribution is -0.109. The molecule has 392 valence electrons. The molecule has 0 saturated carbocycles. The summed E-state index contributed by atoms with van der Waals surface area (Å²) in [5, 5.41) is 39.9. The smallest absolute Gasteiger partial charge is 0.131 e. The Morgan fingerprint density at radius 1 is 0.390 bits per heavy atom. The van der Waals surface area contributed by atoms with E-state index in [-0.39, 0.29) is 36.2 Å². The number of halogens is 2. The highest BCUT2D eigenvalue weighted by atomic mass is 35.5. The van der Waals surface area contributed by atoms with Gasteiger partial charge in [-0.1, -0.05) is 208 Å². The van der Waals surface area contributed by atoms with Crippen LogP contribution in [0.25, 0.3) is 11.1 Å². The highest BCUT2D eigenvalue weighted by Crippen LogP contribution is 2.34. The molecule has 0 aliphatic carbocycles. The predicted molar refractivity (Wildman–Crippen MR) is 306 cm³/mol. The van der Waals surface area contributed by atoms with Gasteiger partial charge in [-0.05, 0) is 100 Å². The van der Waals surface area contributed by atoms with E-state index < -0.39 is 23.7 Å². The van der Waals surface area contributed by atoms with Crippen LogP contribution >= 0.6 is 11.6 Å². The van der Waals surface area contributed by atoms with E-state index in [0.29, 0.717) is 32.8 Å². The highest BCUT2D eigenvalue weighted by Gasteiger charge is 2.20. The Balaban J connectivity index is 0.000000190. The van der Waals surface area contributed by atoms with Crippen LogP contribution in [0.15, 0.2) is 224 Å². The molecule has 0 aliphatic rings. The van der Waals surface area contributed by atoms with E-state index in [1.807, 2.05) is 66.7 Å². The van der Waals surface area contributed by atoms with Crippen molar-refractivity contribution >= 4 is 36.7 Å². The first kappa shape index (κ1) is 59.0. The zero-order valence-corrected chi connectivity index (χ0v) is 42.5. The van der Waals surface area contributed by atoms with Gasteiger partial charge >= 0.3 is 0 Å². The van der Waals surface area contributed by atoms with Gasteiger partial charge in [-0.25, -0.2) is 4.39 Å². The minimum Gasteiger partial charge on any atom is -0.508 e. The van der Waals surface area contributed by atoms with Gasteiger partial charge in [0.05, 0.1) is 23.7 Å². The number of para-hydroxylation sites is 4. The molecule has 9 rings (SSSR count). The van der Waals surface area contributed by atoms with E-state index in [2.05, 4.69) is 31.2 Å². The Morgan fingerprint density at radius 3 is 1.00 bits per heavy atom. The number of phenolic OH excluding ortho intramolecular Hbond substituents is 4. The zero-order valence-electron chi connectivity index (χ0n) is 41.8. The number of aromatic hydroxyl groups is 4. The van der Waals surface area contributed by atoms with Gasteiger partial charge in [0, 0.05) is 27.3 Å². The Kier molecular flexibility index (Phi) is 23.3. The maximum atomic E-state index is 12.8. The van der Waals surface area contributed by atoms with E-state index in [0.717, 1.165) is 59.4 Å². The quantitative estimate of drug-likeness (QED) is 0.0699. The van der Waals surface area contributed by atoms with Crippen molar-refractivity contribution < 1.29 is 44.0 Å². The topological polar surface area (TPSA) is 149 Å². The van der Waals surface area contributed by atoms with Crippen LogP contribution in [-0.4, -0.2) is 45.6 Å². The third kappa shape index (κ3) is 16.5. The number of rotatable bonds is 16. The predicted octanol–water partition coefficient (Wildman–Crippen LogP) is 15.3. The van der Waals surface area contributed by atoms with Gasteiger partial charge in [0.25, 0.3) is 0 Å². The Labute approximate surface area is 455 Å². The number of aldehydes is 4. The standard InChI is InChI=1S/C20H16O2.C18H20O2.C14H11ClO2.C14H11FO2.CH4/c21-14-19(18-8-4-5-9-20(18)22)17-12-10-16(11-13-17)15-6-2-1-3-7-15;1-2-3-6-14-9-11-15(12-10-14)17(13-19)16-7-4-5-8-18(16)20;2*15-11-7-5-10(6-8-11)13(9-16)12-3-1-2-4-14(12)17;/h1-14,19,22H;4-5,7-13,17,20H,2-3,6H2,1H3;2*1-9,13,17H;1H4. The van der Waals surface area contributed by atoms with Gasteiger partial charge in [0.15, 0.2) is 0 Å². The first-order valence-electron chi connectivity index (χ1n) is 24.7. The summed E-state index contributed by atoms with van der Waals surface area (Å²) in [6.45, 7) is 2.18. The normalized spacial score (nSPS) is 11.8. The lowest BCUT2D eigenvalue weighted by Crippen LogP contribution is -2.03. The van der Waals surface area contributed by atoms with Crippen LogP contribution in [0, 0.1) is 5.82 Å². The lowest BCUT2D eigenvalue weighted by atomic mass is 9.91. The molecule has 0 amide bonds. The molecule has 0 bridgehead atoms. The number of phenols is 4. The minimum absolute atomic E-state index is 0. The second-order valence-electron chi connectivity index (χ2n) is 17.6. The van der Waals surface area contributed by atoms with Gasteiger partial charge in [0.1, 0.15) is 54.0 Å². The maximum Gasteiger partial charge on any atom is 0.131 e. The minimum atomic E-state index is -0.572. The number of benzene rings is 9. The van der Waals surface area contributed by atoms with Crippen LogP contribution < -0.4 is 0 Å². The molecule has 0 heterocycles. The number of carbonyl (C=O) groups excluding carboxylic acids is 4. The van der Waals surface area contributed by atoms with Gasteiger partial charge in [-0.3, -0.25) is 0 Å². The van der Waals surface area contributed by atoms with Crippen molar-refractivity contribution in [3.63, 3.8) is 0 Å². The molecule has 0 saturated heterocycles. The fraction of sp³-hybridized carbons (Fsp3) is 0.134. The SMILES string of the molecule is C.CCCCc1ccc(C(C=O)c2ccccc2O)cc1.O=CC(c1ccc(-c2ccccc2)cc1)c1ccccc1O.O=CC(c1ccc(Cl)cc1)c1ccccc1O.O=CC(c1ccc(F)cc1)c1ccccc1O. The molecule has 0 aliphatic heterocycles. The van der Waals surface area contributed by atoms with Gasteiger partial charge in [0.2, 0.25) is 0 Å². The molecule has 4 N–H and O–H groups in total. The van der Waals surface area contributed by atoms with Crippen molar-refractivity contribution in [3.8, 4) is 34.1 Å². The van der Waals surface area contributed by atoms with E-state index in [4.69, 9.17) is 11.6 Å². The van der Waals surface area contributed by atoms with Gasteiger partial charge < -0.3 is 39.6 Å². The third-order valence-corrected chi connectivity index (χ3v) is 12.9. The van der Waals surface area contributed by atoms with Crippen molar-refractivity contribution in [2.75, 3.05) is 0 Å². The van der Waals surface area contributed by atoms with Crippen molar-refractivity contribution in [2.45, 2.75) is 57.3 Å². The first-order valence-corrected chi connectivity index (χ1v) is 25.1. The van der Waals surface area contributed by atoms with Gasteiger partial charge in [-0.15, -0.1) is 0 Å². The largest absolute Gasteiger partial charge is 0.508 e. The second kappa shape index (κ2) is 30.4. The fourth-order valence-corrected chi connectivity index (χ4v) is 8.58. The first-order chi connectivity index (χ1) is 37.0. The van der Waals surface area contributed by atoms with E-state index >= 15 is 0 Å². The van der Waals surface area contributed by atoms with Crippen LogP contribution in [0.1, 0.15) is 101 Å². The summed E-state index contributed by atoms with van der Waals surface area (Å²) >= 11 is 5.80. The zero-order chi connectivity index (χ0) is 54.2. The summed E-state index contributed by atoms with van der Waals surface area (Å²) in [4.78, 5) is 45.2. The number of unbranched alkanes of at least 4 members (excludes halogenated alkanes) is 1. The molecule has 9 aromatic rings. The highest BCUT2D eigenvalue weighted by molar-refractivity contribution is 6.30. The summed E-state index contributed by atoms with van der Waals surface area (Å²) in [6, 6.07) is 66.2. The van der Waals surface area contributed by atoms with E-state index in [1.54, 1.807) is 115 Å². The summed E-state index contributed by atoms with van der Waals surface area (Å²) in [5.41, 5.74) is 9.20. The molecule has 10 heteroatoms. The fourth-order valence-electron chi connectivity index (χ4n) is 8.45. The molecule has 0 radical (unpaired) electrons. The van der Waals surface area contributed by atoms with Crippen molar-refractivity contribution in [3.05, 3.63) is 285 Å². The second-order valence-corrected chi connectivity index (χ2v) is 18.1. The van der Waals surface area contributed by atoms with Crippen LogP contribution in [0.5, 0.6) is 23.0 Å². The number of aryl methyl sites for hydroxylation is 1. The molecular weight excluding hydrogens is 987 g/mol. The number of carbonyl (C=O) groups is 4. The Hall–Kier alpha value is -8.92. The van der Waals surface area contributed by atoms with Crippen molar-refractivity contribution in [1.29, 1.82) is 0 Å². The van der Waals surface area contributed by atoms with Crippen LogP contribution in [0.3, 0.4) is 0 Å². The molecule has 8 nitrogen and oxygen atoms in total. The lowest BCUT2D eigenvalue weighted by Gasteiger charge is -2.13. The summed E-state index contributed by atoms with van der Waals surface area (Å²) < 4.78 is 12.8. The Morgan fingerprint density at radius 2 is 0.675 bits per heavy atom. The molecular formula is C67H62ClFO8. The average Bonchev–Trinajstić information content (AvgIpc) is 3.45. The van der Waals surface area contributed by atoms with Crippen LogP contribution in [-0.2, 0) is 25.6 Å². The van der Waals surface area contributed by atoms with Crippen molar-refractivity contribution in [1.82, 2.24) is 0 Å². The average molecular weight is 1050 g/mol. The third-order valence-electron chi connectivity index (χ3n) is 12.6. The number of hydrogen-bond acceptors (Lipinski definition) is 8. The molecule has 4 atom stereocenters. The van der Waals surface area contributed by atoms with Crippen LogP contribution in [0.2, 0.25) is 5.02 Å². The molecule has 9 aromatic carbocycles.